The van der Waals surface area contributed by atoms with E-state index in [0.717, 1.165) is 11.1 Å². The molecule has 0 saturated carbocycles. The molecule has 1 aromatic carbocycles. The minimum atomic E-state index is -0.0151. The third-order valence-corrected chi connectivity index (χ3v) is 2.84. The van der Waals surface area contributed by atoms with Gasteiger partial charge in [-0.2, -0.15) is 0 Å². The van der Waals surface area contributed by atoms with Gasteiger partial charge in [0.2, 0.25) is 0 Å². The van der Waals surface area contributed by atoms with Crippen molar-refractivity contribution >= 4 is 17.1 Å². The van der Waals surface area contributed by atoms with E-state index in [1.807, 2.05) is 6.08 Å². The van der Waals surface area contributed by atoms with E-state index in [2.05, 4.69) is 0 Å². The van der Waals surface area contributed by atoms with Crippen molar-refractivity contribution in [1.29, 1.82) is 0 Å². The van der Waals surface area contributed by atoms with E-state index in [9.17, 15) is 9.59 Å². The Morgan fingerprint density at radius 1 is 1.00 bits per heavy atom. The molecular formula is C13H8O2. The molecule has 0 N–H and O–H groups in total. The normalized spacial score (nSPS) is 17.5. The minimum absolute atomic E-state index is 0.0151. The fourth-order valence-electron chi connectivity index (χ4n) is 2.12. The molecule has 3 rings (SSSR count). The molecule has 15 heavy (non-hydrogen) atoms. The van der Waals surface area contributed by atoms with Crippen molar-refractivity contribution in [3.8, 4) is 0 Å². The summed E-state index contributed by atoms with van der Waals surface area (Å²) in [6.07, 6.45) is 5.68. The molecule has 2 heteroatoms. The zero-order valence-electron chi connectivity index (χ0n) is 7.99. The lowest BCUT2D eigenvalue weighted by atomic mass is 9.82. The van der Waals surface area contributed by atoms with Gasteiger partial charge >= 0.3 is 0 Å². The Labute approximate surface area is 86.9 Å². The Morgan fingerprint density at radius 2 is 1.80 bits per heavy atom. The summed E-state index contributed by atoms with van der Waals surface area (Å²) in [5.41, 5.74) is 3.15. The van der Waals surface area contributed by atoms with E-state index in [-0.39, 0.29) is 11.6 Å². The summed E-state index contributed by atoms with van der Waals surface area (Å²) < 4.78 is 0. The second-order valence-corrected chi connectivity index (χ2v) is 3.71. The average Bonchev–Trinajstić information content (AvgIpc) is 2.27. The van der Waals surface area contributed by atoms with Crippen molar-refractivity contribution < 1.29 is 9.59 Å². The van der Waals surface area contributed by atoms with Crippen molar-refractivity contribution in [2.45, 2.75) is 6.42 Å². The molecule has 1 aromatic rings. The summed E-state index contributed by atoms with van der Waals surface area (Å²) in [7, 11) is 0. The quantitative estimate of drug-likeness (QED) is 0.638. The second-order valence-electron chi connectivity index (χ2n) is 3.71. The molecule has 0 fully saturated rings. The Kier molecular flexibility index (Phi) is 1.54. The molecule has 0 heterocycles. The third-order valence-electron chi connectivity index (χ3n) is 2.84. The van der Waals surface area contributed by atoms with Crippen LogP contribution in [0.3, 0.4) is 0 Å². The van der Waals surface area contributed by atoms with Crippen LogP contribution in [0.1, 0.15) is 32.7 Å². The lowest BCUT2D eigenvalue weighted by Gasteiger charge is -2.20. The zero-order chi connectivity index (χ0) is 10.4. The summed E-state index contributed by atoms with van der Waals surface area (Å²) in [5, 5.41) is 0. The van der Waals surface area contributed by atoms with Gasteiger partial charge in [-0.3, -0.25) is 9.59 Å². The smallest absolute Gasteiger partial charge is 0.186 e. The minimum Gasteiger partial charge on any atom is -0.294 e. The lowest BCUT2D eigenvalue weighted by Crippen LogP contribution is -2.14. The maximum absolute atomic E-state index is 11.7. The largest absolute Gasteiger partial charge is 0.294 e. The average molecular weight is 196 g/mol. The van der Waals surface area contributed by atoms with Crippen molar-refractivity contribution in [3.05, 3.63) is 53.1 Å². The summed E-state index contributed by atoms with van der Waals surface area (Å²) in [6.45, 7) is 0. The summed E-state index contributed by atoms with van der Waals surface area (Å²) >= 11 is 0. The van der Waals surface area contributed by atoms with Gasteiger partial charge in [0, 0.05) is 23.1 Å². The molecule has 0 radical (unpaired) electrons. The molecule has 0 amide bonds. The predicted octanol–water partition coefficient (Wildman–Crippen LogP) is 2.41. The van der Waals surface area contributed by atoms with Gasteiger partial charge in [-0.25, -0.2) is 0 Å². The Bertz CT molecular complexity index is 548. The molecule has 2 aliphatic carbocycles. The van der Waals surface area contributed by atoms with E-state index in [1.165, 1.54) is 0 Å². The first-order valence-corrected chi connectivity index (χ1v) is 4.86. The Balaban J connectivity index is 2.41. The number of rotatable bonds is 0. The maximum atomic E-state index is 11.7. The highest BCUT2D eigenvalue weighted by atomic mass is 16.1. The first-order chi connectivity index (χ1) is 7.27. The molecule has 2 nitrogen and oxygen atoms in total. The highest BCUT2D eigenvalue weighted by Gasteiger charge is 2.25. The van der Waals surface area contributed by atoms with Crippen LogP contribution in [0.15, 0.2) is 36.4 Å². The number of ketones is 2. The fourth-order valence-corrected chi connectivity index (χ4v) is 2.12. The lowest BCUT2D eigenvalue weighted by molar-refractivity contribution is 0.0994. The molecule has 72 valence electrons. The number of hydrogen-bond donors (Lipinski definition) is 0. The number of Topliss-reactive ketones (excluding diaryl/α,β-unsaturated/α-hetero) is 1. The van der Waals surface area contributed by atoms with E-state index < -0.39 is 0 Å². The number of allylic oxidation sites excluding steroid dienone is 4. The van der Waals surface area contributed by atoms with Crippen LogP contribution < -0.4 is 0 Å². The van der Waals surface area contributed by atoms with Crippen molar-refractivity contribution in [1.82, 2.24) is 0 Å². The van der Waals surface area contributed by atoms with Gasteiger partial charge in [0.25, 0.3) is 0 Å². The number of carbonyl (C=O) groups excluding carboxylic acids is 2. The molecular weight excluding hydrogens is 188 g/mol. The molecule has 2 aliphatic rings. The van der Waals surface area contributed by atoms with E-state index >= 15 is 0 Å². The zero-order valence-corrected chi connectivity index (χ0v) is 7.99. The van der Waals surface area contributed by atoms with Gasteiger partial charge in [0.15, 0.2) is 11.6 Å². The Hall–Kier alpha value is -1.96. The highest BCUT2D eigenvalue weighted by molar-refractivity contribution is 6.17. The standard InChI is InChI=1S/C13H8O2/c14-11-6-4-8-5-7-12(15)10-3-1-2-9(11)13(8)10/h1-6H,7H2. The molecule has 0 aromatic heterocycles. The van der Waals surface area contributed by atoms with Crippen molar-refractivity contribution in [2.24, 2.45) is 0 Å². The predicted molar refractivity (Wildman–Crippen MR) is 56.8 cm³/mol. The molecule has 0 spiro atoms. The molecule has 0 atom stereocenters. The van der Waals surface area contributed by atoms with Crippen LogP contribution in [0.4, 0.5) is 0 Å². The second kappa shape index (κ2) is 2.76. The van der Waals surface area contributed by atoms with Crippen LogP contribution in [0.2, 0.25) is 0 Å². The first kappa shape index (κ1) is 8.36. The van der Waals surface area contributed by atoms with Gasteiger partial charge in [0.05, 0.1) is 0 Å². The van der Waals surface area contributed by atoms with E-state index in [0.29, 0.717) is 17.5 Å². The third kappa shape index (κ3) is 1.05. The summed E-state index contributed by atoms with van der Waals surface area (Å²) in [5.74, 6) is 0.0809. The van der Waals surface area contributed by atoms with Crippen molar-refractivity contribution in [3.63, 3.8) is 0 Å². The van der Waals surface area contributed by atoms with E-state index in [1.54, 1.807) is 30.4 Å². The van der Waals surface area contributed by atoms with Gasteiger partial charge in [-0.15, -0.1) is 0 Å². The van der Waals surface area contributed by atoms with Crippen LogP contribution in [0.25, 0.3) is 5.57 Å². The van der Waals surface area contributed by atoms with E-state index in [4.69, 9.17) is 0 Å². The summed E-state index contributed by atoms with van der Waals surface area (Å²) in [4.78, 5) is 23.3. The molecule has 0 unspecified atom stereocenters. The number of hydrogen-bond acceptors (Lipinski definition) is 2. The SMILES string of the molecule is O=C1C=CC2=CCC(=O)c3cccc1c32. The number of carbonyl (C=O) groups is 2. The van der Waals surface area contributed by atoms with Crippen LogP contribution in [-0.2, 0) is 0 Å². The van der Waals surface area contributed by atoms with Crippen LogP contribution >= 0.6 is 0 Å². The van der Waals surface area contributed by atoms with Gasteiger partial charge in [-0.05, 0) is 11.6 Å². The van der Waals surface area contributed by atoms with Gasteiger partial charge < -0.3 is 0 Å². The monoisotopic (exact) mass is 196 g/mol. The number of benzene rings is 1. The first-order valence-electron chi connectivity index (χ1n) is 4.86. The Morgan fingerprint density at radius 3 is 2.67 bits per heavy atom. The van der Waals surface area contributed by atoms with Crippen molar-refractivity contribution in [2.75, 3.05) is 0 Å². The van der Waals surface area contributed by atoms with Gasteiger partial charge in [0.1, 0.15) is 0 Å². The summed E-state index contributed by atoms with van der Waals surface area (Å²) in [6, 6.07) is 5.34. The molecule has 0 bridgehead atoms. The van der Waals surface area contributed by atoms with Gasteiger partial charge in [-0.1, -0.05) is 30.4 Å². The maximum Gasteiger partial charge on any atom is 0.186 e. The topological polar surface area (TPSA) is 34.1 Å². The fraction of sp³-hybridized carbons (Fsp3) is 0.0769. The highest BCUT2D eigenvalue weighted by Crippen LogP contribution is 2.33. The van der Waals surface area contributed by atoms with Crippen LogP contribution in [0.5, 0.6) is 0 Å². The molecule has 0 saturated heterocycles. The van der Waals surface area contributed by atoms with Crippen LogP contribution in [0, 0.1) is 0 Å². The van der Waals surface area contributed by atoms with Crippen LogP contribution in [-0.4, -0.2) is 11.6 Å². The molecule has 0 aliphatic heterocycles.